The van der Waals surface area contributed by atoms with E-state index in [-0.39, 0.29) is 36.5 Å². The summed E-state index contributed by atoms with van der Waals surface area (Å²) in [7, 11) is 0. The van der Waals surface area contributed by atoms with E-state index in [4.69, 9.17) is 5.73 Å². The minimum Gasteiger partial charge on any atom is -0.368 e. The molecule has 0 aliphatic carbocycles. The van der Waals surface area contributed by atoms with Gasteiger partial charge in [0, 0.05) is 19.8 Å². The van der Waals surface area contributed by atoms with Gasteiger partial charge < -0.3 is 37.6 Å². The van der Waals surface area contributed by atoms with Gasteiger partial charge in [0.05, 0.1) is 0 Å². The second kappa shape index (κ2) is 23.0. The quantitative estimate of drug-likeness (QED) is 0.0946. The number of benzene rings is 2. The molecule has 8 N–H and O–H groups in total. The molecule has 7 amide bonds. The van der Waals surface area contributed by atoms with E-state index >= 15 is 0 Å². The summed E-state index contributed by atoms with van der Waals surface area (Å²) in [6.45, 7) is 15.8. The zero-order valence-electron chi connectivity index (χ0n) is 34.3. The van der Waals surface area contributed by atoms with Crippen LogP contribution in [-0.2, 0) is 46.4 Å². The maximum absolute atomic E-state index is 14.3. The summed E-state index contributed by atoms with van der Waals surface area (Å²) in [5.41, 5.74) is 7.01. The fourth-order valence-corrected chi connectivity index (χ4v) is 6.15. The molecule has 0 unspecified atom stereocenters. The van der Waals surface area contributed by atoms with Gasteiger partial charge in [-0.15, -0.1) is 0 Å². The topological polar surface area (TPSA) is 218 Å². The summed E-state index contributed by atoms with van der Waals surface area (Å²) >= 11 is 0. The van der Waals surface area contributed by atoms with E-state index in [1.54, 1.807) is 83.1 Å². The molecule has 0 aliphatic rings. The maximum atomic E-state index is 14.3. The van der Waals surface area contributed by atoms with Crippen molar-refractivity contribution in [3.63, 3.8) is 0 Å². The molecule has 2 aromatic carbocycles. The van der Waals surface area contributed by atoms with Gasteiger partial charge in [-0.3, -0.25) is 33.6 Å². The summed E-state index contributed by atoms with van der Waals surface area (Å²) in [5.74, 6) is -5.11. The zero-order valence-corrected chi connectivity index (χ0v) is 34.3. The van der Waals surface area contributed by atoms with Gasteiger partial charge in [-0.1, -0.05) is 122 Å². The minimum absolute atomic E-state index is 0.0558. The highest BCUT2D eigenvalue weighted by atomic mass is 16.2. The fraction of sp³-hybridized carbons (Fsp3) is 0.548. The second-order valence-electron chi connectivity index (χ2n) is 15.6. The van der Waals surface area contributed by atoms with E-state index < -0.39 is 77.6 Å². The van der Waals surface area contributed by atoms with Gasteiger partial charge in [0.25, 0.3) is 0 Å². The summed E-state index contributed by atoms with van der Waals surface area (Å²) < 4.78 is 0. The first-order valence-electron chi connectivity index (χ1n) is 19.5. The van der Waals surface area contributed by atoms with Crippen LogP contribution in [-0.4, -0.2) is 77.6 Å². The molecule has 0 heterocycles. The van der Waals surface area contributed by atoms with Crippen LogP contribution < -0.4 is 37.6 Å². The van der Waals surface area contributed by atoms with Crippen molar-refractivity contribution in [2.24, 2.45) is 29.4 Å². The van der Waals surface area contributed by atoms with E-state index in [1.165, 1.54) is 6.92 Å². The molecule has 0 saturated heterocycles. The highest BCUT2D eigenvalue weighted by Crippen LogP contribution is 2.14. The molecule has 14 heteroatoms. The van der Waals surface area contributed by atoms with Crippen molar-refractivity contribution in [3.8, 4) is 0 Å². The highest BCUT2D eigenvalue weighted by molar-refractivity contribution is 5.97. The Morgan fingerprint density at radius 1 is 0.518 bits per heavy atom. The Labute approximate surface area is 331 Å². The standard InChI is InChI=1S/C42H63N7O7/c1-10-27(8)36(42(56)47-34(25(4)5)37(43)51)49-40(54)33(23-30-19-15-12-16-20-30)45-38(52)32(22-29-17-13-11-14-18-29)46-41(55)35(26(6)7)48-39(53)31(21-24(2)3)44-28(9)50/h11-20,24-27,31-36H,10,21-23H2,1-9H3,(H2,43,51)(H,44,50)(H,45,52)(H,46,55)(H,47,56)(H,48,53)(H,49,54)/t27-,31+,32+,33+,34+,35+,36+/m1/s1. The Morgan fingerprint density at radius 3 is 1.32 bits per heavy atom. The van der Waals surface area contributed by atoms with Gasteiger partial charge in [-0.2, -0.15) is 0 Å². The number of rotatable bonds is 22. The Balaban J connectivity index is 2.47. The molecule has 14 nitrogen and oxygen atoms in total. The second-order valence-corrected chi connectivity index (χ2v) is 15.6. The molecular formula is C42H63N7O7. The fourth-order valence-electron chi connectivity index (χ4n) is 6.15. The van der Waals surface area contributed by atoms with Gasteiger partial charge in [0.2, 0.25) is 41.4 Å². The van der Waals surface area contributed by atoms with E-state index in [0.717, 1.165) is 11.1 Å². The lowest BCUT2D eigenvalue weighted by atomic mass is 9.95. The van der Waals surface area contributed by atoms with E-state index in [9.17, 15) is 33.6 Å². The SMILES string of the molecule is CC[C@@H](C)[C@H](NC(=O)[C@H](Cc1ccccc1)NC(=O)[C@H](Cc1ccccc1)NC(=O)[C@@H](NC(=O)[C@H](CC(C)C)NC(C)=O)C(C)C)C(=O)N[C@H](C(N)=O)C(C)C. The minimum atomic E-state index is -1.19. The third kappa shape index (κ3) is 15.5. The van der Waals surface area contributed by atoms with Crippen LogP contribution in [0.3, 0.4) is 0 Å². The average molecular weight is 778 g/mol. The first-order valence-corrected chi connectivity index (χ1v) is 19.5. The van der Waals surface area contributed by atoms with Crippen LogP contribution in [0.25, 0.3) is 0 Å². The van der Waals surface area contributed by atoms with Crippen LogP contribution in [0, 0.1) is 23.7 Å². The first kappa shape index (κ1) is 46.9. The molecule has 0 bridgehead atoms. The van der Waals surface area contributed by atoms with E-state index in [0.29, 0.717) is 12.8 Å². The molecule has 0 saturated carbocycles. The number of amides is 7. The Hall–Kier alpha value is -5.27. The van der Waals surface area contributed by atoms with Crippen molar-refractivity contribution < 1.29 is 33.6 Å². The van der Waals surface area contributed by atoms with Crippen LogP contribution >= 0.6 is 0 Å². The summed E-state index contributed by atoms with van der Waals surface area (Å²) in [5, 5.41) is 16.6. The molecule has 7 atom stereocenters. The lowest BCUT2D eigenvalue weighted by molar-refractivity contribution is -0.136. The molecule has 0 aromatic heterocycles. The molecule has 0 radical (unpaired) electrons. The van der Waals surface area contributed by atoms with Crippen LogP contribution in [0.2, 0.25) is 0 Å². The number of primary amides is 1. The van der Waals surface area contributed by atoms with Crippen molar-refractivity contribution in [1.82, 2.24) is 31.9 Å². The molecule has 0 fully saturated rings. The third-order valence-corrected chi connectivity index (χ3v) is 9.54. The predicted octanol–water partition coefficient (Wildman–Crippen LogP) is 2.29. The van der Waals surface area contributed by atoms with Gasteiger partial charge in [0.15, 0.2) is 0 Å². The maximum Gasteiger partial charge on any atom is 0.243 e. The first-order chi connectivity index (χ1) is 26.3. The van der Waals surface area contributed by atoms with Gasteiger partial charge in [0.1, 0.15) is 36.3 Å². The Kier molecular flexibility index (Phi) is 19.2. The zero-order chi connectivity index (χ0) is 42.1. The molecule has 308 valence electrons. The van der Waals surface area contributed by atoms with E-state index in [2.05, 4.69) is 31.9 Å². The molecule has 2 rings (SSSR count). The van der Waals surface area contributed by atoms with Crippen LogP contribution in [0.5, 0.6) is 0 Å². The van der Waals surface area contributed by atoms with Crippen LogP contribution in [0.4, 0.5) is 0 Å². The molecule has 0 aliphatic heterocycles. The number of nitrogens with two attached hydrogens (primary N) is 1. The number of hydrogen-bond donors (Lipinski definition) is 7. The third-order valence-electron chi connectivity index (χ3n) is 9.54. The Morgan fingerprint density at radius 2 is 0.911 bits per heavy atom. The van der Waals surface area contributed by atoms with Crippen LogP contribution in [0.15, 0.2) is 60.7 Å². The summed E-state index contributed by atoms with van der Waals surface area (Å²) in [6.07, 6.45) is 0.976. The molecular weight excluding hydrogens is 715 g/mol. The molecule has 2 aromatic rings. The lowest BCUT2D eigenvalue weighted by Gasteiger charge is -2.30. The van der Waals surface area contributed by atoms with Gasteiger partial charge >= 0.3 is 0 Å². The summed E-state index contributed by atoms with van der Waals surface area (Å²) in [6, 6.07) is 11.7. The highest BCUT2D eigenvalue weighted by Gasteiger charge is 2.35. The number of nitrogens with one attached hydrogen (secondary N) is 6. The van der Waals surface area contributed by atoms with Crippen molar-refractivity contribution in [2.45, 2.75) is 124 Å². The molecule has 0 spiro atoms. The van der Waals surface area contributed by atoms with Crippen LogP contribution in [0.1, 0.15) is 86.3 Å². The number of hydrogen-bond acceptors (Lipinski definition) is 7. The molecule has 56 heavy (non-hydrogen) atoms. The number of carbonyl (C=O) groups is 7. The largest absolute Gasteiger partial charge is 0.368 e. The monoisotopic (exact) mass is 777 g/mol. The van der Waals surface area contributed by atoms with Crippen molar-refractivity contribution in [3.05, 3.63) is 71.8 Å². The predicted molar refractivity (Wildman–Crippen MR) is 215 cm³/mol. The Bertz CT molecular complexity index is 1620. The van der Waals surface area contributed by atoms with Crippen molar-refractivity contribution in [1.29, 1.82) is 0 Å². The van der Waals surface area contributed by atoms with Crippen molar-refractivity contribution in [2.75, 3.05) is 0 Å². The van der Waals surface area contributed by atoms with Crippen molar-refractivity contribution >= 4 is 41.4 Å². The van der Waals surface area contributed by atoms with E-state index in [1.807, 2.05) is 32.9 Å². The summed E-state index contributed by atoms with van der Waals surface area (Å²) in [4.78, 5) is 93.3. The smallest absolute Gasteiger partial charge is 0.243 e. The normalized spacial score (nSPS) is 15.0. The van der Waals surface area contributed by atoms with Gasteiger partial charge in [-0.25, -0.2) is 0 Å². The number of carbonyl (C=O) groups excluding carboxylic acids is 7. The average Bonchev–Trinajstić information content (AvgIpc) is 3.13. The lowest BCUT2D eigenvalue weighted by Crippen LogP contribution is -2.61. The van der Waals surface area contributed by atoms with Gasteiger partial charge in [-0.05, 0) is 41.2 Å².